The molecule has 0 bridgehead atoms. The van der Waals surface area contributed by atoms with Gasteiger partial charge in [0.05, 0.1) is 23.8 Å². The standard InChI is InChI=1S/C34H42ClN5O3/c1-3-38(4-2)17-16-36-33(41)30-21-27(14-15-31(30)35)37-34(42)40-23-26(29-12-8-9-13-32(29)40)20-28-24-43-19-18-39(28)22-25-10-6-5-7-11-25/h5-15,21,26,28H,3-4,16-20,22-24H2,1-2H3,(H,36,41)(H,37,42). The van der Waals surface area contributed by atoms with Crippen LogP contribution in [-0.2, 0) is 11.3 Å². The van der Waals surface area contributed by atoms with Gasteiger partial charge in [-0.15, -0.1) is 0 Å². The molecular formula is C34H42ClN5O3. The number of ether oxygens (including phenoxy) is 1. The molecule has 3 amide bonds. The van der Waals surface area contributed by atoms with Gasteiger partial charge in [-0.3, -0.25) is 14.6 Å². The van der Waals surface area contributed by atoms with Gasteiger partial charge < -0.3 is 20.3 Å². The van der Waals surface area contributed by atoms with Crippen LogP contribution in [0.2, 0.25) is 5.02 Å². The van der Waals surface area contributed by atoms with Crippen LogP contribution in [0.25, 0.3) is 0 Å². The smallest absolute Gasteiger partial charge is 0.326 e. The summed E-state index contributed by atoms with van der Waals surface area (Å²) >= 11 is 6.38. The fourth-order valence-electron chi connectivity index (χ4n) is 6.08. The summed E-state index contributed by atoms with van der Waals surface area (Å²) in [5.41, 5.74) is 4.25. The van der Waals surface area contributed by atoms with Gasteiger partial charge in [-0.05, 0) is 54.9 Å². The highest BCUT2D eigenvalue weighted by Gasteiger charge is 2.36. The van der Waals surface area contributed by atoms with Crippen LogP contribution in [0, 0.1) is 0 Å². The van der Waals surface area contributed by atoms with E-state index in [0.717, 1.165) is 51.4 Å². The third-order valence-corrected chi connectivity index (χ3v) is 8.85. The van der Waals surface area contributed by atoms with Crippen LogP contribution >= 0.6 is 11.6 Å². The van der Waals surface area contributed by atoms with E-state index in [1.54, 1.807) is 18.2 Å². The highest BCUT2D eigenvalue weighted by Crippen LogP contribution is 2.40. The Morgan fingerprint density at radius 2 is 1.79 bits per heavy atom. The summed E-state index contributed by atoms with van der Waals surface area (Å²) in [4.78, 5) is 33.1. The van der Waals surface area contributed by atoms with Crippen molar-refractivity contribution in [1.82, 2.24) is 15.1 Å². The van der Waals surface area contributed by atoms with Crippen LogP contribution in [0.1, 0.15) is 47.7 Å². The molecule has 2 N–H and O–H groups in total. The number of para-hydroxylation sites is 1. The number of carbonyl (C=O) groups is 2. The van der Waals surface area contributed by atoms with Crippen LogP contribution < -0.4 is 15.5 Å². The predicted octanol–water partition coefficient (Wildman–Crippen LogP) is 5.84. The van der Waals surface area contributed by atoms with E-state index in [0.29, 0.717) is 36.0 Å². The number of urea groups is 1. The second-order valence-electron chi connectivity index (χ2n) is 11.2. The second-order valence-corrected chi connectivity index (χ2v) is 11.6. The minimum atomic E-state index is -0.255. The predicted molar refractivity (Wildman–Crippen MR) is 173 cm³/mol. The van der Waals surface area contributed by atoms with Crippen molar-refractivity contribution < 1.29 is 14.3 Å². The van der Waals surface area contributed by atoms with E-state index in [-0.39, 0.29) is 23.9 Å². The molecule has 5 rings (SSSR count). The Balaban J connectivity index is 1.25. The van der Waals surface area contributed by atoms with E-state index < -0.39 is 0 Å². The molecule has 0 saturated carbocycles. The molecule has 2 heterocycles. The molecular weight excluding hydrogens is 562 g/mol. The summed E-state index contributed by atoms with van der Waals surface area (Å²) in [6.45, 7) is 11.1. The first kappa shape index (κ1) is 31.0. The minimum Gasteiger partial charge on any atom is -0.378 e. The first-order valence-electron chi connectivity index (χ1n) is 15.3. The molecule has 0 aliphatic carbocycles. The molecule has 2 atom stereocenters. The molecule has 8 nitrogen and oxygen atoms in total. The summed E-state index contributed by atoms with van der Waals surface area (Å²) in [5.74, 6) is -0.0705. The summed E-state index contributed by atoms with van der Waals surface area (Å²) in [7, 11) is 0. The minimum absolute atomic E-state index is 0.185. The Bertz CT molecular complexity index is 1380. The number of nitrogens with zero attached hydrogens (tertiary/aromatic N) is 3. The Hall–Kier alpha value is -3.43. The van der Waals surface area contributed by atoms with Crippen molar-refractivity contribution >= 4 is 34.9 Å². The molecule has 1 saturated heterocycles. The average molecular weight is 604 g/mol. The molecule has 9 heteroatoms. The van der Waals surface area contributed by atoms with Gasteiger partial charge >= 0.3 is 6.03 Å². The quantitative estimate of drug-likeness (QED) is 0.288. The van der Waals surface area contributed by atoms with Crippen molar-refractivity contribution in [3.05, 3.63) is 94.5 Å². The van der Waals surface area contributed by atoms with E-state index >= 15 is 0 Å². The number of hydrogen-bond acceptors (Lipinski definition) is 5. The van der Waals surface area contributed by atoms with E-state index in [1.165, 1.54) is 11.1 Å². The molecule has 0 aromatic heterocycles. The fraction of sp³-hybridized carbons (Fsp3) is 0.412. The van der Waals surface area contributed by atoms with Crippen molar-refractivity contribution in [2.45, 2.75) is 38.8 Å². The summed E-state index contributed by atoms with van der Waals surface area (Å²) < 4.78 is 5.91. The van der Waals surface area contributed by atoms with Crippen molar-refractivity contribution in [1.29, 1.82) is 0 Å². The third-order valence-electron chi connectivity index (χ3n) is 8.52. The summed E-state index contributed by atoms with van der Waals surface area (Å²) in [5, 5.41) is 6.31. The number of fused-ring (bicyclic) bond motifs is 1. The summed E-state index contributed by atoms with van der Waals surface area (Å²) in [6.07, 6.45) is 0.895. The zero-order valence-electron chi connectivity index (χ0n) is 25.1. The average Bonchev–Trinajstić information content (AvgIpc) is 3.40. The lowest BCUT2D eigenvalue weighted by Crippen LogP contribution is -2.46. The van der Waals surface area contributed by atoms with E-state index in [4.69, 9.17) is 16.3 Å². The van der Waals surface area contributed by atoms with Crippen LogP contribution in [0.5, 0.6) is 0 Å². The maximum absolute atomic E-state index is 13.6. The molecule has 3 aromatic rings. The lowest BCUT2D eigenvalue weighted by Gasteiger charge is -2.37. The Kier molecular flexibility index (Phi) is 10.7. The van der Waals surface area contributed by atoms with Gasteiger partial charge in [0.2, 0.25) is 0 Å². The maximum atomic E-state index is 13.6. The number of anilines is 2. The van der Waals surface area contributed by atoms with E-state index in [1.807, 2.05) is 29.2 Å². The Morgan fingerprint density at radius 3 is 2.58 bits per heavy atom. The number of halogens is 1. The molecule has 0 spiro atoms. The zero-order valence-corrected chi connectivity index (χ0v) is 25.9. The van der Waals surface area contributed by atoms with E-state index in [2.05, 4.69) is 64.6 Å². The highest BCUT2D eigenvalue weighted by atomic mass is 35.5. The van der Waals surface area contributed by atoms with Crippen LogP contribution in [0.3, 0.4) is 0 Å². The third kappa shape index (κ3) is 7.75. The van der Waals surface area contributed by atoms with Gasteiger partial charge in [0.25, 0.3) is 5.91 Å². The number of benzene rings is 3. The van der Waals surface area contributed by atoms with Gasteiger partial charge in [0, 0.05) is 56.1 Å². The van der Waals surface area contributed by atoms with Gasteiger partial charge in [0.15, 0.2) is 0 Å². The molecule has 1 fully saturated rings. The first-order chi connectivity index (χ1) is 21.0. The van der Waals surface area contributed by atoms with Crippen LogP contribution in [0.15, 0.2) is 72.8 Å². The van der Waals surface area contributed by atoms with Gasteiger partial charge in [-0.25, -0.2) is 4.79 Å². The zero-order chi connectivity index (χ0) is 30.2. The summed E-state index contributed by atoms with van der Waals surface area (Å²) in [6, 6.07) is 23.7. The SMILES string of the molecule is CCN(CC)CCNC(=O)c1cc(NC(=O)N2CC(CC3COCCN3Cc3ccccc3)c3ccccc32)ccc1Cl. The van der Waals surface area contributed by atoms with Crippen LogP contribution in [0.4, 0.5) is 16.2 Å². The largest absolute Gasteiger partial charge is 0.378 e. The fourth-order valence-corrected chi connectivity index (χ4v) is 6.28. The Morgan fingerprint density at radius 1 is 1.02 bits per heavy atom. The molecule has 2 aliphatic rings. The van der Waals surface area contributed by atoms with Gasteiger partial charge in [-0.2, -0.15) is 0 Å². The maximum Gasteiger partial charge on any atom is 0.326 e. The first-order valence-corrected chi connectivity index (χ1v) is 15.7. The number of amides is 3. The molecule has 2 aliphatic heterocycles. The highest BCUT2D eigenvalue weighted by molar-refractivity contribution is 6.34. The van der Waals surface area contributed by atoms with Crippen LogP contribution in [-0.4, -0.2) is 80.3 Å². The monoisotopic (exact) mass is 603 g/mol. The van der Waals surface area contributed by atoms with Crippen molar-refractivity contribution in [3.8, 4) is 0 Å². The molecule has 3 aromatic carbocycles. The lowest BCUT2D eigenvalue weighted by atomic mass is 9.93. The lowest BCUT2D eigenvalue weighted by molar-refractivity contribution is -0.0164. The Labute approximate surface area is 259 Å². The van der Waals surface area contributed by atoms with Crippen molar-refractivity contribution in [3.63, 3.8) is 0 Å². The normalized spacial score (nSPS) is 18.5. The number of nitrogens with one attached hydrogen (secondary N) is 2. The van der Waals surface area contributed by atoms with Gasteiger partial charge in [-0.1, -0.05) is 74.0 Å². The molecule has 2 unspecified atom stereocenters. The van der Waals surface area contributed by atoms with Crippen molar-refractivity contribution in [2.75, 3.05) is 62.7 Å². The number of carbonyl (C=O) groups excluding carboxylic acids is 2. The van der Waals surface area contributed by atoms with Gasteiger partial charge in [0.1, 0.15) is 0 Å². The van der Waals surface area contributed by atoms with Crippen molar-refractivity contribution in [2.24, 2.45) is 0 Å². The molecule has 0 radical (unpaired) electrons. The number of morpholine rings is 1. The molecule has 43 heavy (non-hydrogen) atoms. The number of likely N-dealkylation sites (N-methyl/N-ethyl adjacent to an activating group) is 1. The second kappa shape index (κ2) is 14.8. The molecule has 228 valence electrons. The topological polar surface area (TPSA) is 77.2 Å². The van der Waals surface area contributed by atoms with E-state index in [9.17, 15) is 9.59 Å². The number of rotatable bonds is 11. The number of hydrogen-bond donors (Lipinski definition) is 2.